The molecule has 1 fully saturated rings. The predicted molar refractivity (Wildman–Crippen MR) is 87.0 cm³/mol. The van der Waals surface area contributed by atoms with Gasteiger partial charge in [0.1, 0.15) is 0 Å². The maximum Gasteiger partial charge on any atom is 0.229 e. The Balaban J connectivity index is 1.66. The molecular formula is C16H24N4OS. The number of rotatable bonds is 5. The third-order valence-corrected chi connectivity index (χ3v) is 5.48. The molecule has 0 aliphatic heterocycles. The predicted octanol–water partition coefficient (Wildman–Crippen LogP) is 3.99. The number of aryl methyl sites for hydroxylation is 2. The molecule has 6 heteroatoms. The normalized spacial score (nSPS) is 17.5. The second kappa shape index (κ2) is 6.46. The maximum absolute atomic E-state index is 5.46. The second-order valence-electron chi connectivity index (χ2n) is 6.30. The van der Waals surface area contributed by atoms with Gasteiger partial charge in [-0.3, -0.25) is 4.90 Å². The van der Waals surface area contributed by atoms with Gasteiger partial charge in [-0.05, 0) is 40.7 Å². The zero-order valence-corrected chi connectivity index (χ0v) is 14.6. The van der Waals surface area contributed by atoms with Crippen molar-refractivity contribution in [3.05, 3.63) is 27.3 Å². The van der Waals surface area contributed by atoms with E-state index in [4.69, 9.17) is 4.52 Å². The van der Waals surface area contributed by atoms with Crippen molar-refractivity contribution in [2.45, 2.75) is 65.0 Å². The van der Waals surface area contributed by atoms with Crippen LogP contribution in [-0.4, -0.2) is 27.1 Å². The first-order valence-electron chi connectivity index (χ1n) is 8.01. The molecule has 0 unspecified atom stereocenters. The Bertz CT molecular complexity index is 630. The first-order chi connectivity index (χ1) is 10.5. The highest BCUT2D eigenvalue weighted by Gasteiger charge is 2.24. The summed E-state index contributed by atoms with van der Waals surface area (Å²) in [6.07, 6.45) is 4.93. The van der Waals surface area contributed by atoms with E-state index in [9.17, 15) is 0 Å². The van der Waals surface area contributed by atoms with E-state index in [1.165, 1.54) is 30.6 Å². The molecule has 0 spiro atoms. The lowest BCUT2D eigenvalue weighted by Gasteiger charge is -2.22. The number of nitrogens with zero attached hydrogens (tertiary/aromatic N) is 4. The molecule has 0 bridgehead atoms. The third-order valence-electron chi connectivity index (χ3n) is 4.58. The van der Waals surface area contributed by atoms with Gasteiger partial charge in [0.05, 0.1) is 23.3 Å². The van der Waals surface area contributed by atoms with E-state index < -0.39 is 0 Å². The van der Waals surface area contributed by atoms with Gasteiger partial charge in [0, 0.05) is 10.8 Å². The zero-order chi connectivity index (χ0) is 15.7. The first-order valence-corrected chi connectivity index (χ1v) is 8.83. The van der Waals surface area contributed by atoms with Crippen molar-refractivity contribution in [1.29, 1.82) is 0 Å². The summed E-state index contributed by atoms with van der Waals surface area (Å²) in [5, 5.41) is 5.28. The van der Waals surface area contributed by atoms with Crippen molar-refractivity contribution in [1.82, 2.24) is 20.0 Å². The summed E-state index contributed by atoms with van der Waals surface area (Å²) >= 11 is 1.75. The van der Waals surface area contributed by atoms with Gasteiger partial charge in [-0.1, -0.05) is 18.0 Å². The first kappa shape index (κ1) is 15.6. The van der Waals surface area contributed by atoms with Crippen LogP contribution in [0.25, 0.3) is 0 Å². The van der Waals surface area contributed by atoms with Crippen LogP contribution in [0.3, 0.4) is 0 Å². The fourth-order valence-electron chi connectivity index (χ4n) is 3.17. The Kier molecular flexibility index (Phi) is 4.59. The Hall–Kier alpha value is -1.27. The Morgan fingerprint density at radius 1 is 1.27 bits per heavy atom. The lowest BCUT2D eigenvalue weighted by Crippen LogP contribution is -2.23. The zero-order valence-electron chi connectivity index (χ0n) is 13.8. The van der Waals surface area contributed by atoms with Crippen molar-refractivity contribution >= 4 is 11.3 Å². The average Bonchev–Trinajstić information content (AvgIpc) is 3.18. The van der Waals surface area contributed by atoms with Gasteiger partial charge in [-0.15, -0.1) is 11.3 Å². The lowest BCUT2D eigenvalue weighted by molar-refractivity contribution is 0.238. The summed E-state index contributed by atoms with van der Waals surface area (Å²) < 4.78 is 5.46. The van der Waals surface area contributed by atoms with Gasteiger partial charge in [0.15, 0.2) is 5.82 Å². The third kappa shape index (κ3) is 3.22. The number of aromatic nitrogens is 3. The van der Waals surface area contributed by atoms with Gasteiger partial charge >= 0.3 is 0 Å². The van der Waals surface area contributed by atoms with Crippen LogP contribution in [0, 0.1) is 13.8 Å². The minimum atomic E-state index is 0.249. The summed E-state index contributed by atoms with van der Waals surface area (Å²) in [7, 11) is 2.09. The molecule has 2 heterocycles. The summed E-state index contributed by atoms with van der Waals surface area (Å²) in [6.45, 7) is 7.06. The van der Waals surface area contributed by atoms with E-state index >= 15 is 0 Å². The monoisotopic (exact) mass is 320 g/mol. The molecule has 1 saturated carbocycles. The van der Waals surface area contributed by atoms with Gasteiger partial charge in [-0.25, -0.2) is 4.98 Å². The fraction of sp³-hybridized carbons (Fsp3) is 0.688. The van der Waals surface area contributed by atoms with Crippen LogP contribution in [0.4, 0.5) is 0 Å². The van der Waals surface area contributed by atoms with Crippen LogP contribution in [-0.2, 0) is 6.54 Å². The van der Waals surface area contributed by atoms with Gasteiger partial charge in [-0.2, -0.15) is 4.98 Å². The van der Waals surface area contributed by atoms with Crippen LogP contribution in [0.2, 0.25) is 0 Å². The minimum Gasteiger partial charge on any atom is -0.339 e. The van der Waals surface area contributed by atoms with Crippen molar-refractivity contribution < 1.29 is 4.52 Å². The molecule has 1 aliphatic carbocycles. The van der Waals surface area contributed by atoms with E-state index in [0.29, 0.717) is 12.5 Å². The lowest BCUT2D eigenvalue weighted by atomic mass is 10.1. The van der Waals surface area contributed by atoms with Crippen LogP contribution in [0.15, 0.2) is 4.52 Å². The Labute approximate surface area is 135 Å². The van der Waals surface area contributed by atoms with Crippen molar-refractivity contribution in [2.24, 2.45) is 0 Å². The van der Waals surface area contributed by atoms with Crippen LogP contribution in [0.5, 0.6) is 0 Å². The molecule has 2 aromatic rings. The Morgan fingerprint density at radius 3 is 2.64 bits per heavy atom. The molecule has 120 valence electrons. The smallest absolute Gasteiger partial charge is 0.229 e. The largest absolute Gasteiger partial charge is 0.339 e. The molecule has 0 aromatic carbocycles. The van der Waals surface area contributed by atoms with Crippen LogP contribution < -0.4 is 0 Å². The molecule has 22 heavy (non-hydrogen) atoms. The summed E-state index contributed by atoms with van der Waals surface area (Å²) in [4.78, 5) is 12.8. The molecule has 0 N–H and O–H groups in total. The molecule has 3 rings (SSSR count). The second-order valence-corrected chi connectivity index (χ2v) is 7.70. The van der Waals surface area contributed by atoms with E-state index in [0.717, 1.165) is 22.4 Å². The molecule has 2 aromatic heterocycles. The van der Waals surface area contributed by atoms with Crippen molar-refractivity contribution in [3.63, 3.8) is 0 Å². The minimum absolute atomic E-state index is 0.249. The molecular weight excluding hydrogens is 296 g/mol. The fourth-order valence-corrected chi connectivity index (χ4v) is 4.08. The van der Waals surface area contributed by atoms with Gasteiger partial charge < -0.3 is 4.52 Å². The molecule has 1 atom stereocenters. The number of hydrogen-bond donors (Lipinski definition) is 0. The number of hydrogen-bond acceptors (Lipinski definition) is 6. The summed E-state index contributed by atoms with van der Waals surface area (Å²) in [6, 6.07) is 0.249. The topological polar surface area (TPSA) is 55.1 Å². The van der Waals surface area contributed by atoms with E-state index in [-0.39, 0.29) is 6.04 Å². The van der Waals surface area contributed by atoms with Crippen molar-refractivity contribution in [3.8, 4) is 0 Å². The highest BCUT2D eigenvalue weighted by atomic mass is 32.1. The van der Waals surface area contributed by atoms with E-state index in [1.807, 2.05) is 0 Å². The van der Waals surface area contributed by atoms with Crippen LogP contribution >= 0.6 is 11.3 Å². The molecule has 1 aliphatic rings. The highest BCUT2D eigenvalue weighted by Crippen LogP contribution is 2.33. The van der Waals surface area contributed by atoms with Crippen molar-refractivity contribution in [2.75, 3.05) is 7.05 Å². The summed E-state index contributed by atoms with van der Waals surface area (Å²) in [5.74, 6) is 2.09. The average molecular weight is 320 g/mol. The quantitative estimate of drug-likeness (QED) is 0.833. The number of thiazole rings is 1. The summed E-state index contributed by atoms with van der Waals surface area (Å²) in [5.41, 5.74) is 1.16. The van der Waals surface area contributed by atoms with Gasteiger partial charge in [0.2, 0.25) is 5.89 Å². The van der Waals surface area contributed by atoms with Crippen LogP contribution in [0.1, 0.15) is 71.9 Å². The Morgan fingerprint density at radius 2 is 2.00 bits per heavy atom. The maximum atomic E-state index is 5.46. The molecule has 0 radical (unpaired) electrons. The highest BCUT2D eigenvalue weighted by molar-refractivity contribution is 7.11. The van der Waals surface area contributed by atoms with Gasteiger partial charge in [0.25, 0.3) is 0 Å². The standard InChI is InChI=1S/C16H24N4OS/c1-10(15-11(2)22-12(3)17-15)20(4)9-14-18-16(21-19-14)13-7-5-6-8-13/h10,13H,5-9H2,1-4H3/t10-/m0/s1. The molecule has 5 nitrogen and oxygen atoms in total. The molecule has 0 saturated heterocycles. The van der Waals surface area contributed by atoms with E-state index in [2.05, 4.69) is 47.8 Å². The van der Waals surface area contributed by atoms with E-state index in [1.54, 1.807) is 11.3 Å². The SMILES string of the molecule is Cc1nc([C@H](C)N(C)Cc2noc(C3CCCC3)n2)c(C)s1. The molecule has 0 amide bonds.